The summed E-state index contributed by atoms with van der Waals surface area (Å²) in [5, 5.41) is 22.7. The Kier molecular flexibility index (Phi) is 3.92. The second kappa shape index (κ2) is 5.09. The molecular weight excluding hydrogens is 247 g/mol. The minimum Gasteiger partial charge on any atom is -0.391 e. The molecule has 6 atom stereocenters. The van der Waals surface area contributed by atoms with Crippen LogP contribution in [0.5, 0.6) is 0 Å². The summed E-state index contributed by atoms with van der Waals surface area (Å²) >= 11 is 1.30. The van der Waals surface area contributed by atoms with Gasteiger partial charge in [-0.15, -0.1) is 0 Å². The van der Waals surface area contributed by atoms with Crippen LogP contribution in [0.4, 0.5) is 4.39 Å². The molecule has 3 N–H and O–H groups in total. The van der Waals surface area contributed by atoms with Crippen molar-refractivity contribution >= 4 is 16.9 Å². The average Bonchev–Trinajstić information content (AvgIpc) is 2.66. The number of aliphatic hydroxyl groups excluding tert-OH is 2. The van der Waals surface area contributed by atoms with Gasteiger partial charge in [-0.2, -0.15) is 0 Å². The molecule has 0 spiro atoms. The van der Waals surface area contributed by atoms with Crippen molar-refractivity contribution in [2.45, 2.75) is 49.8 Å². The quantitative estimate of drug-likeness (QED) is 0.648. The number of nitrogens with zero attached hydrogens (tertiary/aromatic N) is 1. The Hall–Kier alpha value is -0.370. The van der Waals surface area contributed by atoms with E-state index in [1.54, 1.807) is 0 Å². The van der Waals surface area contributed by atoms with Gasteiger partial charge in [0.2, 0.25) is 0 Å². The zero-order chi connectivity index (χ0) is 12.6. The molecule has 0 amide bonds. The molecule has 0 aromatic heterocycles. The fourth-order valence-corrected chi connectivity index (χ4v) is 3.20. The Morgan fingerprint density at radius 3 is 2.94 bits per heavy atom. The van der Waals surface area contributed by atoms with Crippen molar-refractivity contribution in [3.63, 3.8) is 0 Å². The third kappa shape index (κ3) is 2.42. The highest BCUT2D eigenvalue weighted by molar-refractivity contribution is 8.14. The number of hydrogen-bond donors (Lipinski definition) is 3. The molecule has 2 aliphatic heterocycles. The van der Waals surface area contributed by atoms with E-state index in [0.29, 0.717) is 11.7 Å². The first-order valence-corrected chi connectivity index (χ1v) is 6.56. The minimum atomic E-state index is -1.47. The Morgan fingerprint density at radius 1 is 1.65 bits per heavy atom. The number of alkyl halides is 1. The fraction of sp³-hybridized carbons (Fsp3) is 0.900. The van der Waals surface area contributed by atoms with Crippen molar-refractivity contribution in [1.82, 2.24) is 5.32 Å². The van der Waals surface area contributed by atoms with Gasteiger partial charge in [0.05, 0.1) is 12.1 Å². The number of aliphatic imine (C=N–C) groups is 1. The van der Waals surface area contributed by atoms with Gasteiger partial charge in [-0.3, -0.25) is 4.99 Å². The van der Waals surface area contributed by atoms with Gasteiger partial charge in [0.25, 0.3) is 0 Å². The lowest BCUT2D eigenvalue weighted by molar-refractivity contribution is -0.167. The molecule has 17 heavy (non-hydrogen) atoms. The molecule has 2 rings (SSSR count). The van der Waals surface area contributed by atoms with Crippen LogP contribution in [0.2, 0.25) is 0 Å². The van der Waals surface area contributed by atoms with E-state index in [4.69, 9.17) is 4.74 Å². The van der Waals surface area contributed by atoms with Crippen LogP contribution in [0.25, 0.3) is 0 Å². The van der Waals surface area contributed by atoms with Crippen LogP contribution in [0.3, 0.4) is 0 Å². The number of amidine groups is 1. The van der Waals surface area contributed by atoms with E-state index in [1.165, 1.54) is 18.7 Å². The number of rotatable bonds is 2. The van der Waals surface area contributed by atoms with E-state index in [2.05, 4.69) is 10.3 Å². The monoisotopic (exact) mass is 264 g/mol. The predicted octanol–water partition coefficient (Wildman–Crippen LogP) is -0.128. The van der Waals surface area contributed by atoms with Gasteiger partial charge in [-0.1, -0.05) is 11.8 Å². The van der Waals surface area contributed by atoms with Crippen molar-refractivity contribution in [2.75, 3.05) is 6.54 Å². The third-order valence-electron chi connectivity index (χ3n) is 2.89. The maximum Gasteiger partial charge on any atom is 0.159 e. The Morgan fingerprint density at radius 2 is 2.35 bits per heavy atom. The molecule has 2 saturated heterocycles. The molecule has 6 unspecified atom stereocenters. The van der Waals surface area contributed by atoms with Gasteiger partial charge in [-0.05, 0) is 13.8 Å². The van der Waals surface area contributed by atoms with Crippen molar-refractivity contribution in [2.24, 2.45) is 4.99 Å². The van der Waals surface area contributed by atoms with Crippen LogP contribution < -0.4 is 5.32 Å². The number of nitrogens with one attached hydrogen (secondary N) is 1. The van der Waals surface area contributed by atoms with Crippen molar-refractivity contribution < 1.29 is 19.3 Å². The molecule has 0 radical (unpaired) electrons. The summed E-state index contributed by atoms with van der Waals surface area (Å²) in [6.07, 6.45) is -4.57. The number of halogens is 1. The Balaban J connectivity index is 2.12. The number of ether oxygens (including phenoxy) is 1. The SMILES string of the molecule is CCN=C1NC2C(OC(C(C)O)C(O)C2F)S1. The van der Waals surface area contributed by atoms with E-state index < -0.39 is 36.0 Å². The zero-order valence-electron chi connectivity index (χ0n) is 9.71. The lowest BCUT2D eigenvalue weighted by Crippen LogP contribution is -2.59. The summed E-state index contributed by atoms with van der Waals surface area (Å²) in [7, 11) is 0. The molecule has 5 nitrogen and oxygen atoms in total. The molecular formula is C10H17FN2O3S. The van der Waals surface area contributed by atoms with Crippen LogP contribution in [-0.4, -0.2) is 57.9 Å². The summed E-state index contributed by atoms with van der Waals surface area (Å²) in [6, 6.07) is -0.602. The number of aliphatic hydroxyl groups is 2. The van der Waals surface area contributed by atoms with Crippen LogP contribution in [0.1, 0.15) is 13.8 Å². The molecule has 0 aromatic rings. The van der Waals surface area contributed by atoms with Gasteiger partial charge >= 0.3 is 0 Å². The molecule has 0 saturated carbocycles. The summed E-state index contributed by atoms with van der Waals surface area (Å²) < 4.78 is 19.5. The molecule has 2 heterocycles. The van der Waals surface area contributed by atoms with Crippen LogP contribution in [-0.2, 0) is 4.74 Å². The van der Waals surface area contributed by atoms with Gasteiger partial charge in [0.15, 0.2) is 11.3 Å². The summed E-state index contributed by atoms with van der Waals surface area (Å²) in [4.78, 5) is 4.15. The predicted molar refractivity (Wildman–Crippen MR) is 63.7 cm³/mol. The fourth-order valence-electron chi connectivity index (χ4n) is 2.02. The van der Waals surface area contributed by atoms with E-state index in [0.717, 1.165) is 0 Å². The molecule has 0 aromatic carbocycles. The van der Waals surface area contributed by atoms with E-state index in [9.17, 15) is 14.6 Å². The maximum atomic E-state index is 14.0. The number of hydrogen-bond acceptors (Lipinski definition) is 5. The first-order valence-electron chi connectivity index (χ1n) is 5.68. The second-order valence-corrected chi connectivity index (χ2v) is 5.30. The molecule has 7 heteroatoms. The smallest absolute Gasteiger partial charge is 0.159 e. The van der Waals surface area contributed by atoms with Crippen LogP contribution >= 0.6 is 11.8 Å². The van der Waals surface area contributed by atoms with Gasteiger partial charge in [-0.25, -0.2) is 4.39 Å². The Labute approximate surface area is 103 Å². The number of fused-ring (bicyclic) bond motifs is 1. The van der Waals surface area contributed by atoms with Gasteiger partial charge in [0, 0.05) is 6.54 Å². The minimum absolute atomic E-state index is 0.446. The van der Waals surface area contributed by atoms with Gasteiger partial charge < -0.3 is 20.3 Å². The topological polar surface area (TPSA) is 74.1 Å². The normalized spacial score (nSPS) is 45.5. The zero-order valence-corrected chi connectivity index (χ0v) is 10.5. The summed E-state index contributed by atoms with van der Waals surface area (Å²) in [6.45, 7) is 3.97. The van der Waals surface area contributed by atoms with Crippen molar-refractivity contribution in [3.8, 4) is 0 Å². The lowest BCUT2D eigenvalue weighted by atomic mass is 9.96. The van der Waals surface area contributed by atoms with E-state index >= 15 is 0 Å². The van der Waals surface area contributed by atoms with Crippen LogP contribution in [0.15, 0.2) is 4.99 Å². The highest BCUT2D eigenvalue weighted by Gasteiger charge is 2.51. The highest BCUT2D eigenvalue weighted by atomic mass is 32.2. The number of thioether (sulfide) groups is 1. The van der Waals surface area contributed by atoms with Gasteiger partial charge in [0.1, 0.15) is 17.6 Å². The van der Waals surface area contributed by atoms with Crippen LogP contribution in [0, 0.1) is 0 Å². The largest absolute Gasteiger partial charge is 0.391 e. The summed E-state index contributed by atoms with van der Waals surface area (Å²) in [5.41, 5.74) is -0.446. The first-order chi connectivity index (χ1) is 8.04. The first kappa shape index (κ1) is 13.1. The molecule has 2 aliphatic rings. The molecule has 98 valence electrons. The van der Waals surface area contributed by atoms with E-state index in [1.807, 2.05) is 6.92 Å². The van der Waals surface area contributed by atoms with Crippen molar-refractivity contribution in [1.29, 1.82) is 0 Å². The molecule has 2 fully saturated rings. The molecule has 0 aliphatic carbocycles. The average molecular weight is 264 g/mol. The van der Waals surface area contributed by atoms with Crippen molar-refractivity contribution in [3.05, 3.63) is 0 Å². The Bertz CT molecular complexity index is 316. The van der Waals surface area contributed by atoms with E-state index in [-0.39, 0.29) is 0 Å². The lowest BCUT2D eigenvalue weighted by Gasteiger charge is -2.38. The standard InChI is InChI=1S/C10H17FN2O3S/c1-3-12-10-13-6-5(11)7(15)8(4(2)14)16-9(6)17-10/h4-9,14-15H,3H2,1-2H3,(H,12,13). The maximum absolute atomic E-state index is 14.0. The third-order valence-corrected chi connectivity index (χ3v) is 3.99. The molecule has 0 bridgehead atoms. The second-order valence-electron chi connectivity index (χ2n) is 4.21. The highest BCUT2D eigenvalue weighted by Crippen LogP contribution is 2.36. The summed E-state index contributed by atoms with van der Waals surface area (Å²) in [5.74, 6) is 0.